The van der Waals surface area contributed by atoms with Crippen molar-refractivity contribution in [1.29, 1.82) is 0 Å². The Kier molecular flexibility index (Phi) is 4.33. The molecule has 1 aromatic carbocycles. The predicted octanol–water partition coefficient (Wildman–Crippen LogP) is 3.15. The van der Waals surface area contributed by atoms with E-state index in [-0.39, 0.29) is 5.91 Å². The zero-order valence-electron chi connectivity index (χ0n) is 13.9. The van der Waals surface area contributed by atoms with Crippen LogP contribution in [0.5, 0.6) is 0 Å². The average Bonchev–Trinajstić information content (AvgIpc) is 3.10. The molecule has 128 valence electrons. The van der Waals surface area contributed by atoms with E-state index in [1.54, 1.807) is 11.3 Å². The number of thiophene rings is 1. The average molecular weight is 354 g/mol. The van der Waals surface area contributed by atoms with Gasteiger partial charge < -0.3 is 15.0 Å². The molecule has 0 aliphatic carbocycles. The van der Waals surface area contributed by atoms with E-state index in [9.17, 15) is 4.79 Å². The number of fused-ring (bicyclic) bond motifs is 1. The summed E-state index contributed by atoms with van der Waals surface area (Å²) in [5.41, 5.74) is 2.57. The summed E-state index contributed by atoms with van der Waals surface area (Å²) in [6.07, 6.45) is 0. The van der Waals surface area contributed by atoms with Crippen molar-refractivity contribution < 1.29 is 9.53 Å². The number of aromatic nitrogens is 2. The first-order valence-electron chi connectivity index (χ1n) is 8.17. The van der Waals surface area contributed by atoms with Crippen LogP contribution in [0.25, 0.3) is 21.6 Å². The van der Waals surface area contributed by atoms with E-state index in [0.717, 1.165) is 40.4 Å². The molecule has 1 aliphatic heterocycles. The summed E-state index contributed by atoms with van der Waals surface area (Å²) in [4.78, 5) is 23.1. The van der Waals surface area contributed by atoms with E-state index in [2.05, 4.69) is 10.2 Å². The molecule has 0 unspecified atom stereocenters. The minimum Gasteiger partial charge on any atom is -0.378 e. The number of morpholine rings is 1. The van der Waals surface area contributed by atoms with Crippen molar-refractivity contribution in [2.45, 2.75) is 6.92 Å². The number of hydrogen-bond acceptors (Lipinski definition) is 6. The summed E-state index contributed by atoms with van der Waals surface area (Å²) in [5, 5.41) is 4.85. The summed E-state index contributed by atoms with van der Waals surface area (Å²) in [7, 11) is 0. The number of ether oxygens (including phenoxy) is 1. The quantitative estimate of drug-likeness (QED) is 0.783. The Balaban J connectivity index is 1.78. The summed E-state index contributed by atoms with van der Waals surface area (Å²) in [5.74, 6) is 1.53. The highest BCUT2D eigenvalue weighted by Gasteiger charge is 2.18. The second-order valence-electron chi connectivity index (χ2n) is 5.87. The molecule has 6 nitrogen and oxygen atoms in total. The van der Waals surface area contributed by atoms with Gasteiger partial charge in [-0.3, -0.25) is 4.79 Å². The fourth-order valence-electron chi connectivity index (χ4n) is 2.91. The number of nitrogens with one attached hydrogen (secondary N) is 1. The fourth-order valence-corrected chi connectivity index (χ4v) is 3.75. The minimum atomic E-state index is -0.0969. The third-order valence-electron chi connectivity index (χ3n) is 4.04. The summed E-state index contributed by atoms with van der Waals surface area (Å²) in [6.45, 7) is 4.58. The molecule has 0 saturated carbocycles. The normalized spacial score (nSPS) is 14.7. The number of benzene rings is 1. The second-order valence-corrected chi connectivity index (χ2v) is 6.78. The van der Waals surface area contributed by atoms with Gasteiger partial charge in [-0.2, -0.15) is 0 Å². The first kappa shape index (κ1) is 16.0. The number of amides is 1. The Bertz CT molecular complexity index is 918. The molecule has 1 N–H and O–H groups in total. The Morgan fingerprint density at radius 1 is 1.24 bits per heavy atom. The van der Waals surface area contributed by atoms with Crippen molar-refractivity contribution in [3.05, 3.63) is 35.7 Å². The van der Waals surface area contributed by atoms with Gasteiger partial charge in [-0.05, 0) is 23.6 Å². The van der Waals surface area contributed by atoms with Crippen LogP contribution < -0.4 is 10.2 Å². The van der Waals surface area contributed by atoms with Gasteiger partial charge >= 0.3 is 0 Å². The maximum absolute atomic E-state index is 11.3. The smallest absolute Gasteiger partial charge is 0.221 e. The van der Waals surface area contributed by atoms with Crippen LogP contribution in [0.15, 0.2) is 35.7 Å². The summed E-state index contributed by atoms with van der Waals surface area (Å²) in [6, 6.07) is 9.64. The largest absolute Gasteiger partial charge is 0.378 e. The first-order chi connectivity index (χ1) is 12.2. The van der Waals surface area contributed by atoms with Gasteiger partial charge in [0.25, 0.3) is 0 Å². The highest BCUT2D eigenvalue weighted by Crippen LogP contribution is 2.32. The van der Waals surface area contributed by atoms with Crippen LogP contribution in [0.2, 0.25) is 0 Å². The van der Waals surface area contributed by atoms with Crippen LogP contribution in [0.4, 0.5) is 11.5 Å². The minimum absolute atomic E-state index is 0.0969. The first-order valence-corrected chi connectivity index (χ1v) is 9.04. The molecule has 1 fully saturated rings. The zero-order chi connectivity index (χ0) is 17.2. The number of rotatable bonds is 3. The highest BCUT2D eigenvalue weighted by atomic mass is 32.1. The fraction of sp³-hybridized carbons (Fsp3) is 0.278. The molecular formula is C18H18N4O2S. The molecule has 3 heterocycles. The molecule has 3 aromatic rings. The van der Waals surface area contributed by atoms with Gasteiger partial charge in [0, 0.05) is 31.3 Å². The number of carbonyl (C=O) groups excluding carboxylic acids is 1. The molecule has 1 aliphatic rings. The second kappa shape index (κ2) is 6.78. The third-order valence-corrected chi connectivity index (χ3v) is 4.94. The topological polar surface area (TPSA) is 67.4 Å². The SMILES string of the molecule is CC(=O)Nc1cccc(-c2nc(N3CCOCC3)c3sccc3n2)c1. The molecular weight excluding hydrogens is 336 g/mol. The molecule has 1 amide bonds. The lowest BCUT2D eigenvalue weighted by Crippen LogP contribution is -2.36. The van der Waals surface area contributed by atoms with Crippen molar-refractivity contribution in [2.24, 2.45) is 0 Å². The molecule has 4 rings (SSSR count). The van der Waals surface area contributed by atoms with Crippen LogP contribution in [-0.2, 0) is 9.53 Å². The van der Waals surface area contributed by atoms with E-state index in [1.165, 1.54) is 6.92 Å². The Morgan fingerprint density at radius 3 is 2.88 bits per heavy atom. The highest BCUT2D eigenvalue weighted by molar-refractivity contribution is 7.17. The van der Waals surface area contributed by atoms with Crippen molar-refractivity contribution in [1.82, 2.24) is 9.97 Å². The summed E-state index contributed by atoms with van der Waals surface area (Å²) >= 11 is 1.66. The number of hydrogen-bond donors (Lipinski definition) is 1. The van der Waals surface area contributed by atoms with E-state index < -0.39 is 0 Å². The van der Waals surface area contributed by atoms with Crippen LogP contribution in [0.1, 0.15) is 6.92 Å². The van der Waals surface area contributed by atoms with Gasteiger partial charge in [0.2, 0.25) is 5.91 Å². The van der Waals surface area contributed by atoms with E-state index in [0.29, 0.717) is 19.0 Å². The van der Waals surface area contributed by atoms with Crippen molar-refractivity contribution in [3.63, 3.8) is 0 Å². The molecule has 0 atom stereocenters. The monoisotopic (exact) mass is 354 g/mol. The van der Waals surface area contributed by atoms with Crippen LogP contribution >= 0.6 is 11.3 Å². The van der Waals surface area contributed by atoms with Gasteiger partial charge in [-0.1, -0.05) is 12.1 Å². The van der Waals surface area contributed by atoms with Gasteiger partial charge in [0.05, 0.1) is 23.4 Å². The van der Waals surface area contributed by atoms with Gasteiger partial charge in [-0.25, -0.2) is 9.97 Å². The summed E-state index contributed by atoms with van der Waals surface area (Å²) < 4.78 is 6.56. The lowest BCUT2D eigenvalue weighted by atomic mass is 10.2. The number of anilines is 2. The van der Waals surface area contributed by atoms with E-state index in [4.69, 9.17) is 14.7 Å². The molecule has 25 heavy (non-hydrogen) atoms. The van der Waals surface area contributed by atoms with Crippen molar-refractivity contribution in [2.75, 3.05) is 36.5 Å². The van der Waals surface area contributed by atoms with E-state index in [1.807, 2.05) is 35.7 Å². The standard InChI is InChI=1S/C18H18N4O2S/c1-12(23)19-14-4-2-3-13(11-14)17-20-15-5-10-25-16(15)18(21-17)22-6-8-24-9-7-22/h2-5,10-11H,6-9H2,1H3,(H,19,23). The van der Waals surface area contributed by atoms with Crippen molar-refractivity contribution in [3.8, 4) is 11.4 Å². The van der Waals surface area contributed by atoms with Crippen LogP contribution in [0, 0.1) is 0 Å². The Hall–Kier alpha value is -2.51. The van der Waals surface area contributed by atoms with Crippen LogP contribution in [-0.4, -0.2) is 42.2 Å². The third kappa shape index (κ3) is 3.33. The maximum atomic E-state index is 11.3. The van der Waals surface area contributed by atoms with E-state index >= 15 is 0 Å². The zero-order valence-corrected chi connectivity index (χ0v) is 14.7. The molecule has 0 bridgehead atoms. The van der Waals surface area contributed by atoms with Gasteiger partial charge in [-0.15, -0.1) is 11.3 Å². The molecule has 7 heteroatoms. The van der Waals surface area contributed by atoms with Crippen LogP contribution in [0.3, 0.4) is 0 Å². The Morgan fingerprint density at radius 2 is 2.08 bits per heavy atom. The van der Waals surface area contributed by atoms with Crippen molar-refractivity contribution >= 4 is 39.0 Å². The molecule has 2 aromatic heterocycles. The van der Waals surface area contributed by atoms with Gasteiger partial charge in [0.15, 0.2) is 11.6 Å². The number of carbonyl (C=O) groups is 1. The number of nitrogens with zero attached hydrogens (tertiary/aromatic N) is 3. The molecule has 0 radical (unpaired) electrons. The lowest BCUT2D eigenvalue weighted by molar-refractivity contribution is -0.114. The predicted molar refractivity (Wildman–Crippen MR) is 100 cm³/mol. The maximum Gasteiger partial charge on any atom is 0.221 e. The molecule has 1 saturated heterocycles. The van der Waals surface area contributed by atoms with Gasteiger partial charge in [0.1, 0.15) is 0 Å². The lowest BCUT2D eigenvalue weighted by Gasteiger charge is -2.28. The Labute approximate surface area is 149 Å². The molecule has 0 spiro atoms.